The zero-order valence-electron chi connectivity index (χ0n) is 9.25. The second-order valence-corrected chi connectivity index (χ2v) is 4.90. The summed E-state index contributed by atoms with van der Waals surface area (Å²) < 4.78 is 5.24. The van der Waals surface area contributed by atoms with Gasteiger partial charge in [-0.2, -0.15) is 0 Å². The van der Waals surface area contributed by atoms with Crippen LogP contribution in [-0.2, 0) is 4.74 Å². The molecular formula is C10H20N2OS. The molecule has 0 saturated heterocycles. The number of amidine groups is 1. The highest BCUT2D eigenvalue weighted by Crippen LogP contribution is 2.25. The summed E-state index contributed by atoms with van der Waals surface area (Å²) in [5.41, 5.74) is 0. The summed E-state index contributed by atoms with van der Waals surface area (Å²) in [6, 6.07) is 0. The Balaban J connectivity index is 2.10. The average Bonchev–Trinajstić information content (AvgIpc) is 2.61. The van der Waals surface area contributed by atoms with Crippen molar-refractivity contribution in [2.45, 2.75) is 26.0 Å². The molecule has 1 N–H and O–H groups in total. The molecule has 0 aromatic carbocycles. The topological polar surface area (TPSA) is 33.6 Å². The Morgan fingerprint density at radius 1 is 1.64 bits per heavy atom. The van der Waals surface area contributed by atoms with Gasteiger partial charge in [-0.05, 0) is 12.8 Å². The molecule has 1 atom stereocenters. The van der Waals surface area contributed by atoms with E-state index in [-0.39, 0.29) is 0 Å². The molecule has 82 valence electrons. The van der Waals surface area contributed by atoms with Crippen molar-refractivity contribution in [1.82, 2.24) is 5.32 Å². The number of nitrogens with one attached hydrogen (secondary N) is 1. The van der Waals surface area contributed by atoms with E-state index in [0.717, 1.165) is 31.5 Å². The molecule has 0 saturated carbocycles. The number of aliphatic imine (C=N–C) groups is 1. The van der Waals surface area contributed by atoms with E-state index in [1.807, 2.05) is 18.7 Å². The van der Waals surface area contributed by atoms with E-state index in [9.17, 15) is 0 Å². The van der Waals surface area contributed by atoms with Crippen molar-refractivity contribution in [2.75, 3.05) is 26.3 Å². The van der Waals surface area contributed by atoms with Crippen molar-refractivity contribution < 1.29 is 4.74 Å². The summed E-state index contributed by atoms with van der Waals surface area (Å²) in [6.45, 7) is 9.88. The van der Waals surface area contributed by atoms with Gasteiger partial charge in [0.2, 0.25) is 0 Å². The summed E-state index contributed by atoms with van der Waals surface area (Å²) >= 11 is 1.86. The lowest BCUT2D eigenvalue weighted by Crippen LogP contribution is -2.24. The Morgan fingerprint density at radius 2 is 2.43 bits per heavy atom. The van der Waals surface area contributed by atoms with E-state index in [4.69, 9.17) is 4.74 Å². The summed E-state index contributed by atoms with van der Waals surface area (Å²) in [7, 11) is 0. The van der Waals surface area contributed by atoms with Crippen LogP contribution in [0.2, 0.25) is 0 Å². The molecule has 1 unspecified atom stereocenters. The van der Waals surface area contributed by atoms with Gasteiger partial charge in [-0.3, -0.25) is 4.99 Å². The molecule has 0 bridgehead atoms. The van der Waals surface area contributed by atoms with E-state index in [1.54, 1.807) is 0 Å². The van der Waals surface area contributed by atoms with Gasteiger partial charge in [0.1, 0.15) is 0 Å². The highest BCUT2D eigenvalue weighted by atomic mass is 32.2. The third-order valence-electron chi connectivity index (χ3n) is 2.15. The fraction of sp³-hybridized carbons (Fsp3) is 0.900. The first kappa shape index (κ1) is 11.9. The minimum absolute atomic E-state index is 0.657. The first-order valence-electron chi connectivity index (χ1n) is 5.26. The van der Waals surface area contributed by atoms with Crippen LogP contribution in [0.3, 0.4) is 0 Å². The largest absolute Gasteiger partial charge is 0.380 e. The van der Waals surface area contributed by atoms with Crippen LogP contribution in [-0.4, -0.2) is 36.7 Å². The molecule has 0 amide bonds. The number of nitrogens with zero attached hydrogens (tertiary/aromatic N) is 1. The fourth-order valence-corrected chi connectivity index (χ4v) is 2.25. The van der Waals surface area contributed by atoms with Crippen molar-refractivity contribution in [3.63, 3.8) is 0 Å². The van der Waals surface area contributed by atoms with E-state index >= 15 is 0 Å². The summed E-state index contributed by atoms with van der Waals surface area (Å²) in [4.78, 5) is 4.45. The van der Waals surface area contributed by atoms with Crippen LogP contribution in [0.5, 0.6) is 0 Å². The molecule has 0 fully saturated rings. The number of rotatable bonds is 5. The fourth-order valence-electron chi connectivity index (χ4n) is 1.21. The van der Waals surface area contributed by atoms with Gasteiger partial charge < -0.3 is 10.1 Å². The molecule has 1 heterocycles. The lowest BCUT2D eigenvalue weighted by Gasteiger charge is -2.12. The minimum Gasteiger partial charge on any atom is -0.380 e. The highest BCUT2D eigenvalue weighted by molar-refractivity contribution is 8.14. The van der Waals surface area contributed by atoms with Gasteiger partial charge in [-0.15, -0.1) is 0 Å². The lowest BCUT2D eigenvalue weighted by molar-refractivity contribution is 0.153. The zero-order chi connectivity index (χ0) is 10.4. The molecule has 0 aromatic rings. The molecule has 1 aliphatic rings. The summed E-state index contributed by atoms with van der Waals surface area (Å²) in [5, 5.41) is 5.03. The zero-order valence-corrected chi connectivity index (χ0v) is 10.1. The maximum atomic E-state index is 5.24. The van der Waals surface area contributed by atoms with Gasteiger partial charge in [-0.25, -0.2) is 0 Å². The Labute approximate surface area is 90.7 Å². The monoisotopic (exact) mass is 216 g/mol. The maximum Gasteiger partial charge on any atom is 0.157 e. The minimum atomic E-state index is 0.657. The number of thioether (sulfide) groups is 1. The second-order valence-electron chi connectivity index (χ2n) is 3.67. The van der Waals surface area contributed by atoms with Crippen molar-refractivity contribution in [2.24, 2.45) is 10.9 Å². The van der Waals surface area contributed by atoms with E-state index in [2.05, 4.69) is 24.2 Å². The van der Waals surface area contributed by atoms with Crippen LogP contribution in [0.1, 0.15) is 20.8 Å². The molecule has 1 aliphatic heterocycles. The smallest absolute Gasteiger partial charge is 0.157 e. The van der Waals surface area contributed by atoms with Gasteiger partial charge in [0.25, 0.3) is 0 Å². The number of hydrogen-bond acceptors (Lipinski definition) is 4. The van der Waals surface area contributed by atoms with E-state index in [1.165, 1.54) is 0 Å². The quantitative estimate of drug-likeness (QED) is 0.711. The number of ether oxygens (including phenoxy) is 1. The molecule has 4 heteroatoms. The van der Waals surface area contributed by atoms with Crippen molar-refractivity contribution in [3.8, 4) is 0 Å². The maximum absolute atomic E-state index is 5.24. The molecule has 0 radical (unpaired) electrons. The molecule has 14 heavy (non-hydrogen) atoms. The predicted octanol–water partition coefficient (Wildman–Crippen LogP) is 1.74. The summed E-state index contributed by atoms with van der Waals surface area (Å²) in [5.74, 6) is 0.704. The van der Waals surface area contributed by atoms with E-state index in [0.29, 0.717) is 11.2 Å². The Bertz CT molecular complexity index is 195. The van der Waals surface area contributed by atoms with Crippen molar-refractivity contribution >= 4 is 16.9 Å². The van der Waals surface area contributed by atoms with Crippen LogP contribution in [0.4, 0.5) is 0 Å². The molecule has 0 aromatic heterocycles. The van der Waals surface area contributed by atoms with Crippen molar-refractivity contribution in [3.05, 3.63) is 0 Å². The van der Waals surface area contributed by atoms with Crippen LogP contribution in [0.15, 0.2) is 4.99 Å². The van der Waals surface area contributed by atoms with Crippen LogP contribution in [0, 0.1) is 5.92 Å². The number of hydrogen-bond donors (Lipinski definition) is 1. The highest BCUT2D eigenvalue weighted by Gasteiger charge is 2.21. The van der Waals surface area contributed by atoms with E-state index < -0.39 is 0 Å². The first-order chi connectivity index (χ1) is 6.74. The predicted molar refractivity (Wildman–Crippen MR) is 63.0 cm³/mol. The Morgan fingerprint density at radius 3 is 3.00 bits per heavy atom. The Kier molecular flexibility index (Phi) is 5.33. The van der Waals surface area contributed by atoms with Gasteiger partial charge in [0.15, 0.2) is 5.17 Å². The van der Waals surface area contributed by atoms with Gasteiger partial charge in [0.05, 0.1) is 13.2 Å². The van der Waals surface area contributed by atoms with Crippen LogP contribution < -0.4 is 5.32 Å². The third kappa shape index (κ3) is 3.88. The first-order valence-corrected chi connectivity index (χ1v) is 6.14. The standard InChI is InChI=1S/C10H20N2OS/c1-4-13-6-5-11-10-12-7-9(14-10)8(2)3/h8-9H,4-7H2,1-3H3,(H,11,12). The molecule has 1 rings (SSSR count). The van der Waals surface area contributed by atoms with Gasteiger partial charge in [0, 0.05) is 18.4 Å². The molecule has 0 aliphatic carbocycles. The van der Waals surface area contributed by atoms with Crippen LogP contribution >= 0.6 is 11.8 Å². The SMILES string of the molecule is CCOCCNC1=NCC(C(C)C)S1. The van der Waals surface area contributed by atoms with Crippen molar-refractivity contribution in [1.29, 1.82) is 0 Å². The third-order valence-corrected chi connectivity index (χ3v) is 3.64. The molecular weight excluding hydrogens is 196 g/mol. The van der Waals surface area contributed by atoms with Crippen LogP contribution in [0.25, 0.3) is 0 Å². The average molecular weight is 216 g/mol. The molecule has 0 spiro atoms. The van der Waals surface area contributed by atoms with Gasteiger partial charge in [-0.1, -0.05) is 25.6 Å². The summed E-state index contributed by atoms with van der Waals surface area (Å²) in [6.07, 6.45) is 0. The second kappa shape index (κ2) is 6.30. The Hall–Kier alpha value is -0.220. The molecule has 3 nitrogen and oxygen atoms in total. The lowest BCUT2D eigenvalue weighted by atomic mass is 10.1. The van der Waals surface area contributed by atoms with Gasteiger partial charge >= 0.3 is 0 Å². The normalized spacial score (nSPS) is 21.4.